The second-order valence-electron chi connectivity index (χ2n) is 11.9. The van der Waals surface area contributed by atoms with Gasteiger partial charge in [-0.1, -0.05) is 33.3 Å². The van der Waals surface area contributed by atoms with Crippen molar-refractivity contribution in [3.63, 3.8) is 0 Å². The van der Waals surface area contributed by atoms with Gasteiger partial charge in [0.2, 0.25) is 0 Å². The molecule has 4 aliphatic rings. The molecule has 0 spiro atoms. The zero-order chi connectivity index (χ0) is 27.1. The van der Waals surface area contributed by atoms with Crippen LogP contribution in [0.5, 0.6) is 0 Å². The van der Waals surface area contributed by atoms with Crippen LogP contribution in [0.2, 0.25) is 0 Å². The van der Waals surface area contributed by atoms with Gasteiger partial charge in [-0.2, -0.15) is 0 Å². The highest BCUT2D eigenvalue weighted by Gasteiger charge is 2.74. The Balaban J connectivity index is 1.74. The van der Waals surface area contributed by atoms with Crippen LogP contribution in [0.1, 0.15) is 58.6 Å². The average Bonchev–Trinajstić information content (AvgIpc) is 3.45. The largest absolute Gasteiger partial charge is 0.472 e. The first-order chi connectivity index (χ1) is 17.3. The van der Waals surface area contributed by atoms with E-state index < -0.39 is 64.1 Å². The molecule has 3 aliphatic carbocycles. The summed E-state index contributed by atoms with van der Waals surface area (Å²) in [6.07, 6.45) is 2.52. The molecule has 1 aromatic rings. The van der Waals surface area contributed by atoms with Crippen LogP contribution < -0.4 is 0 Å². The molecular formula is C28H34O9. The van der Waals surface area contributed by atoms with Gasteiger partial charge in [-0.05, 0) is 35.8 Å². The van der Waals surface area contributed by atoms with Crippen molar-refractivity contribution in [2.24, 2.45) is 39.9 Å². The van der Waals surface area contributed by atoms with Crippen molar-refractivity contribution in [2.45, 2.75) is 59.2 Å². The van der Waals surface area contributed by atoms with Crippen LogP contribution >= 0.6 is 0 Å². The van der Waals surface area contributed by atoms with Gasteiger partial charge < -0.3 is 23.7 Å². The number of esters is 3. The summed E-state index contributed by atoms with van der Waals surface area (Å²) in [4.78, 5) is 53.1. The third-order valence-electron chi connectivity index (χ3n) is 10.0. The predicted octanol–water partition coefficient (Wildman–Crippen LogP) is 3.16. The first-order valence-electron chi connectivity index (χ1n) is 12.7. The van der Waals surface area contributed by atoms with E-state index in [4.69, 9.17) is 18.6 Å². The van der Waals surface area contributed by atoms with Crippen LogP contribution in [0.15, 0.2) is 34.2 Å². The Labute approximate surface area is 215 Å². The van der Waals surface area contributed by atoms with Crippen LogP contribution in [-0.4, -0.2) is 49.1 Å². The Morgan fingerprint density at radius 1 is 1.11 bits per heavy atom. The lowest BCUT2D eigenvalue weighted by Crippen LogP contribution is -2.61. The number of aliphatic hydroxyl groups excluding tert-OH is 1. The molecule has 200 valence electrons. The molecule has 0 radical (unpaired) electrons. The third-order valence-corrected chi connectivity index (χ3v) is 10.0. The maximum absolute atomic E-state index is 14.3. The quantitative estimate of drug-likeness (QED) is 0.279. The number of methoxy groups -OCH3 is 2. The predicted molar refractivity (Wildman–Crippen MR) is 127 cm³/mol. The average molecular weight is 515 g/mol. The fourth-order valence-corrected chi connectivity index (χ4v) is 8.33. The summed E-state index contributed by atoms with van der Waals surface area (Å²) in [5.74, 6) is -5.69. The molecular weight excluding hydrogens is 480 g/mol. The number of Topliss-reactive ketones (excluding diaryl/α,β-unsaturated/α-hetero) is 1. The van der Waals surface area contributed by atoms with Gasteiger partial charge in [-0.15, -0.1) is 0 Å². The van der Waals surface area contributed by atoms with Gasteiger partial charge in [0, 0.05) is 22.3 Å². The highest BCUT2D eigenvalue weighted by molar-refractivity contribution is 6.01. The molecule has 0 amide bonds. The Hall–Kier alpha value is -2.94. The molecule has 2 saturated carbocycles. The van der Waals surface area contributed by atoms with Crippen LogP contribution in [0, 0.1) is 39.9 Å². The van der Waals surface area contributed by atoms with E-state index in [9.17, 15) is 24.3 Å². The summed E-state index contributed by atoms with van der Waals surface area (Å²) in [5, 5.41) is 11.8. The minimum absolute atomic E-state index is 0.0196. The fourth-order valence-electron chi connectivity index (χ4n) is 8.33. The minimum Gasteiger partial charge on any atom is -0.472 e. The lowest BCUT2D eigenvalue weighted by molar-refractivity contribution is -0.183. The van der Waals surface area contributed by atoms with Crippen molar-refractivity contribution in [3.05, 3.63) is 35.3 Å². The van der Waals surface area contributed by atoms with Gasteiger partial charge in [-0.25, -0.2) is 0 Å². The molecule has 0 aromatic carbocycles. The van der Waals surface area contributed by atoms with Crippen molar-refractivity contribution in [2.75, 3.05) is 14.2 Å². The van der Waals surface area contributed by atoms with Crippen LogP contribution in [0.4, 0.5) is 0 Å². The Morgan fingerprint density at radius 2 is 1.76 bits per heavy atom. The lowest BCUT2D eigenvalue weighted by Gasteiger charge is -2.53. The highest BCUT2D eigenvalue weighted by Crippen LogP contribution is 2.71. The summed E-state index contributed by atoms with van der Waals surface area (Å²) >= 11 is 0. The van der Waals surface area contributed by atoms with Gasteiger partial charge in [0.1, 0.15) is 11.9 Å². The molecule has 9 heteroatoms. The molecule has 7 atom stereocenters. The number of fused-ring (bicyclic) bond motifs is 6. The van der Waals surface area contributed by atoms with E-state index in [0.29, 0.717) is 12.8 Å². The van der Waals surface area contributed by atoms with E-state index in [0.717, 1.165) is 16.7 Å². The molecule has 1 aromatic heterocycles. The molecule has 9 nitrogen and oxygen atoms in total. The molecule has 2 heterocycles. The van der Waals surface area contributed by atoms with E-state index >= 15 is 0 Å². The number of ether oxygens (including phenoxy) is 3. The van der Waals surface area contributed by atoms with Crippen molar-refractivity contribution < 1.29 is 42.9 Å². The van der Waals surface area contributed by atoms with Gasteiger partial charge >= 0.3 is 17.9 Å². The summed E-state index contributed by atoms with van der Waals surface area (Å²) in [5.41, 5.74) is -0.460. The minimum atomic E-state index is -1.39. The monoisotopic (exact) mass is 514 g/mol. The van der Waals surface area contributed by atoms with Crippen LogP contribution in [-0.2, 0) is 33.4 Å². The Bertz CT molecular complexity index is 1180. The molecule has 3 fully saturated rings. The first-order valence-corrected chi connectivity index (χ1v) is 12.7. The number of cyclic esters (lactones) is 1. The summed E-state index contributed by atoms with van der Waals surface area (Å²) < 4.78 is 21.1. The maximum atomic E-state index is 14.3. The number of carbonyl (C=O) groups excluding carboxylic acids is 4. The molecule has 1 aliphatic heterocycles. The summed E-state index contributed by atoms with van der Waals surface area (Å²) in [6.45, 7) is 7.40. The lowest BCUT2D eigenvalue weighted by atomic mass is 9.49. The topological polar surface area (TPSA) is 129 Å². The number of rotatable bonds is 4. The van der Waals surface area contributed by atoms with E-state index in [1.54, 1.807) is 33.1 Å². The van der Waals surface area contributed by atoms with E-state index in [1.165, 1.54) is 20.5 Å². The molecule has 37 heavy (non-hydrogen) atoms. The standard InChI is InChI=1S/C28H34O9/c1-26(2)20(19(24(32)34-5)25(33)35-6)28(4)14-7-9-27(3)15(17(14)18(21(26)30)22(28)31)11-16(29)37-23(27)13-8-10-36-12-13/h8,10,12,14,18-21,23,30H,7,9,11H2,1-6H3/t14-,18-,20+,21-,23+,27-,28+/m1/s1. The molecule has 5 rings (SSSR count). The normalized spacial score (nSPS) is 38.1. The number of carbonyl (C=O) groups is 4. The number of furan rings is 1. The molecule has 0 unspecified atom stereocenters. The van der Waals surface area contributed by atoms with Crippen molar-refractivity contribution >= 4 is 23.7 Å². The number of ketones is 1. The van der Waals surface area contributed by atoms with E-state index in [2.05, 4.69) is 0 Å². The Morgan fingerprint density at radius 3 is 2.32 bits per heavy atom. The van der Waals surface area contributed by atoms with Crippen LogP contribution in [0.25, 0.3) is 0 Å². The summed E-state index contributed by atoms with van der Waals surface area (Å²) in [7, 11) is 2.38. The first kappa shape index (κ1) is 25.7. The maximum Gasteiger partial charge on any atom is 0.320 e. The second kappa shape index (κ2) is 8.28. The van der Waals surface area contributed by atoms with Crippen molar-refractivity contribution in [3.8, 4) is 0 Å². The highest BCUT2D eigenvalue weighted by atomic mass is 16.6. The van der Waals surface area contributed by atoms with E-state index in [-0.39, 0.29) is 18.1 Å². The SMILES string of the molecule is COC(=O)C(C(=O)OC)[C@H]1C(C)(C)[C@H](O)[C@@H]2C(=O)[C@@]1(C)[C@@H]1CC[C@]3(C)C(=C21)CC(=O)O[C@H]3c1ccoc1. The summed E-state index contributed by atoms with van der Waals surface area (Å²) in [6, 6.07) is 1.77. The van der Waals surface area contributed by atoms with Crippen molar-refractivity contribution in [1.29, 1.82) is 0 Å². The molecule has 1 N–H and O–H groups in total. The Kier molecular flexibility index (Phi) is 5.75. The zero-order valence-corrected chi connectivity index (χ0v) is 22.0. The van der Waals surface area contributed by atoms with Gasteiger partial charge in [0.15, 0.2) is 5.92 Å². The third kappa shape index (κ3) is 3.19. The fraction of sp³-hybridized carbons (Fsp3) is 0.643. The van der Waals surface area contributed by atoms with Crippen LogP contribution in [0.3, 0.4) is 0 Å². The zero-order valence-electron chi connectivity index (χ0n) is 22.0. The number of hydrogen-bond donors (Lipinski definition) is 1. The van der Waals surface area contributed by atoms with Crippen molar-refractivity contribution in [1.82, 2.24) is 0 Å². The number of hydrogen-bond acceptors (Lipinski definition) is 9. The number of aliphatic hydroxyl groups is 1. The van der Waals surface area contributed by atoms with Gasteiger partial charge in [0.05, 0.1) is 45.2 Å². The molecule has 2 bridgehead atoms. The van der Waals surface area contributed by atoms with E-state index in [1.807, 2.05) is 6.92 Å². The van der Waals surface area contributed by atoms with Gasteiger partial charge in [0.25, 0.3) is 0 Å². The second-order valence-corrected chi connectivity index (χ2v) is 11.9. The smallest absolute Gasteiger partial charge is 0.320 e. The van der Waals surface area contributed by atoms with Gasteiger partial charge in [-0.3, -0.25) is 19.2 Å². The molecule has 1 saturated heterocycles.